The van der Waals surface area contributed by atoms with E-state index in [-0.39, 0.29) is 0 Å². The predicted octanol–water partition coefficient (Wildman–Crippen LogP) is 3.65. The Balaban J connectivity index is 1.90. The first-order valence-electron chi connectivity index (χ1n) is 8.45. The van der Waals surface area contributed by atoms with Gasteiger partial charge >= 0.3 is 0 Å². The molecule has 0 heterocycles. The van der Waals surface area contributed by atoms with E-state index in [2.05, 4.69) is 25.8 Å². The number of rotatable bonds is 4. The molecule has 2 unspecified atom stereocenters. The quantitative estimate of drug-likeness (QED) is 0.841. The Kier molecular flexibility index (Phi) is 5.30. The first-order valence-corrected chi connectivity index (χ1v) is 8.45. The minimum Gasteiger partial charge on any atom is -0.330 e. The zero-order chi connectivity index (χ0) is 13.9. The summed E-state index contributed by atoms with van der Waals surface area (Å²) in [6, 6.07) is 0.812. The third-order valence-electron chi connectivity index (χ3n) is 5.88. The van der Waals surface area contributed by atoms with Crippen LogP contribution < -0.4 is 5.73 Å². The van der Waals surface area contributed by atoms with E-state index in [0.717, 1.165) is 24.4 Å². The Morgan fingerprint density at radius 2 is 1.74 bits per heavy atom. The summed E-state index contributed by atoms with van der Waals surface area (Å²) in [5.74, 6) is 1.83. The predicted molar refractivity (Wildman–Crippen MR) is 83.2 cm³/mol. The molecule has 0 amide bonds. The first kappa shape index (κ1) is 15.3. The van der Waals surface area contributed by atoms with Gasteiger partial charge in [-0.2, -0.15) is 0 Å². The molecule has 0 aromatic carbocycles. The Morgan fingerprint density at radius 1 is 1.05 bits per heavy atom. The van der Waals surface area contributed by atoms with Crippen molar-refractivity contribution in [3.63, 3.8) is 0 Å². The molecule has 112 valence electrons. The van der Waals surface area contributed by atoms with E-state index in [1.165, 1.54) is 57.9 Å². The summed E-state index contributed by atoms with van der Waals surface area (Å²) in [6.07, 6.45) is 11.1. The highest BCUT2D eigenvalue weighted by Crippen LogP contribution is 2.39. The Labute approximate surface area is 120 Å². The summed E-state index contributed by atoms with van der Waals surface area (Å²) in [4.78, 5) is 2.65. The van der Waals surface area contributed by atoms with Gasteiger partial charge in [0.05, 0.1) is 0 Å². The Hall–Kier alpha value is -0.0800. The van der Waals surface area contributed by atoms with Crippen molar-refractivity contribution in [1.82, 2.24) is 4.90 Å². The van der Waals surface area contributed by atoms with Gasteiger partial charge in [0, 0.05) is 12.6 Å². The third kappa shape index (κ3) is 3.95. The topological polar surface area (TPSA) is 29.3 Å². The summed E-state index contributed by atoms with van der Waals surface area (Å²) < 4.78 is 0. The molecular weight excluding hydrogens is 232 g/mol. The van der Waals surface area contributed by atoms with Gasteiger partial charge in [-0.25, -0.2) is 0 Å². The van der Waals surface area contributed by atoms with E-state index < -0.39 is 0 Å². The van der Waals surface area contributed by atoms with Gasteiger partial charge < -0.3 is 10.6 Å². The molecule has 2 N–H and O–H groups in total. The van der Waals surface area contributed by atoms with Crippen LogP contribution in [0.5, 0.6) is 0 Å². The van der Waals surface area contributed by atoms with Crippen molar-refractivity contribution in [2.24, 2.45) is 23.0 Å². The lowest BCUT2D eigenvalue weighted by Gasteiger charge is -2.44. The lowest BCUT2D eigenvalue weighted by Crippen LogP contribution is -2.47. The van der Waals surface area contributed by atoms with Gasteiger partial charge in [0.2, 0.25) is 0 Å². The third-order valence-corrected chi connectivity index (χ3v) is 5.88. The van der Waals surface area contributed by atoms with Crippen LogP contribution in [-0.2, 0) is 0 Å². The molecule has 2 atom stereocenters. The van der Waals surface area contributed by atoms with E-state index in [9.17, 15) is 0 Å². The fraction of sp³-hybridized carbons (Fsp3) is 1.00. The molecule has 0 bridgehead atoms. The SMILES string of the molecule is CC1CCC(CN)(CN(C)C2CCCC(C)C2)CC1. The van der Waals surface area contributed by atoms with Gasteiger partial charge in [0.1, 0.15) is 0 Å². The lowest BCUT2D eigenvalue weighted by atomic mass is 9.70. The van der Waals surface area contributed by atoms with E-state index in [1.807, 2.05) is 0 Å². The Bertz CT molecular complexity index is 268. The van der Waals surface area contributed by atoms with Gasteiger partial charge in [-0.3, -0.25) is 0 Å². The van der Waals surface area contributed by atoms with Crippen LogP contribution in [0.3, 0.4) is 0 Å². The molecule has 2 saturated carbocycles. The second kappa shape index (κ2) is 6.58. The van der Waals surface area contributed by atoms with Crippen molar-refractivity contribution in [3.8, 4) is 0 Å². The summed E-state index contributed by atoms with van der Waals surface area (Å²) in [6.45, 7) is 6.92. The molecule has 2 heteroatoms. The highest BCUT2D eigenvalue weighted by molar-refractivity contribution is 4.90. The fourth-order valence-electron chi connectivity index (χ4n) is 4.26. The monoisotopic (exact) mass is 266 g/mol. The molecule has 0 saturated heterocycles. The van der Waals surface area contributed by atoms with Crippen molar-refractivity contribution in [3.05, 3.63) is 0 Å². The second-order valence-corrected chi connectivity index (χ2v) is 7.73. The normalized spacial score (nSPS) is 40.6. The molecule has 2 aliphatic carbocycles. The van der Waals surface area contributed by atoms with E-state index in [1.54, 1.807) is 0 Å². The van der Waals surface area contributed by atoms with Gasteiger partial charge in [-0.15, -0.1) is 0 Å². The van der Waals surface area contributed by atoms with E-state index >= 15 is 0 Å². The first-order chi connectivity index (χ1) is 9.04. The minimum absolute atomic E-state index is 0.419. The van der Waals surface area contributed by atoms with Crippen molar-refractivity contribution >= 4 is 0 Å². The number of hydrogen-bond acceptors (Lipinski definition) is 2. The smallest absolute Gasteiger partial charge is 0.00949 e. The van der Waals surface area contributed by atoms with Gasteiger partial charge in [-0.05, 0) is 56.5 Å². The number of nitrogens with two attached hydrogens (primary N) is 1. The lowest BCUT2D eigenvalue weighted by molar-refractivity contribution is 0.0674. The van der Waals surface area contributed by atoms with Crippen molar-refractivity contribution in [2.75, 3.05) is 20.1 Å². The maximum Gasteiger partial charge on any atom is 0.00949 e. The molecule has 0 aromatic heterocycles. The molecule has 2 rings (SSSR count). The fourth-order valence-corrected chi connectivity index (χ4v) is 4.26. The highest BCUT2D eigenvalue weighted by Gasteiger charge is 2.35. The number of hydrogen-bond donors (Lipinski definition) is 1. The molecule has 2 nitrogen and oxygen atoms in total. The average molecular weight is 266 g/mol. The summed E-state index contributed by atoms with van der Waals surface area (Å²) in [5, 5.41) is 0. The van der Waals surface area contributed by atoms with Gasteiger partial charge in [0.15, 0.2) is 0 Å². The van der Waals surface area contributed by atoms with Crippen LogP contribution in [-0.4, -0.2) is 31.1 Å². The van der Waals surface area contributed by atoms with Crippen LogP contribution >= 0.6 is 0 Å². The molecule has 0 aromatic rings. The van der Waals surface area contributed by atoms with Crippen molar-refractivity contribution < 1.29 is 0 Å². The van der Waals surface area contributed by atoms with Gasteiger partial charge in [0.25, 0.3) is 0 Å². The summed E-state index contributed by atoms with van der Waals surface area (Å²) in [5.41, 5.74) is 6.58. The molecule has 0 spiro atoms. The second-order valence-electron chi connectivity index (χ2n) is 7.73. The van der Waals surface area contributed by atoms with Gasteiger partial charge in [-0.1, -0.05) is 39.5 Å². The molecular formula is C17H34N2. The van der Waals surface area contributed by atoms with E-state index in [0.29, 0.717) is 5.41 Å². The average Bonchev–Trinajstić information content (AvgIpc) is 2.42. The standard InChI is InChI=1S/C17H34N2/c1-14-7-9-17(12-18,10-8-14)13-19(3)16-6-4-5-15(2)11-16/h14-16H,4-13,18H2,1-3H3. The molecule has 2 aliphatic rings. The largest absolute Gasteiger partial charge is 0.330 e. The van der Waals surface area contributed by atoms with Crippen LogP contribution in [0.15, 0.2) is 0 Å². The van der Waals surface area contributed by atoms with Crippen LogP contribution in [0.1, 0.15) is 65.2 Å². The van der Waals surface area contributed by atoms with Crippen LogP contribution in [0.25, 0.3) is 0 Å². The molecule has 2 fully saturated rings. The zero-order valence-corrected chi connectivity index (χ0v) is 13.3. The van der Waals surface area contributed by atoms with Crippen LogP contribution in [0.4, 0.5) is 0 Å². The van der Waals surface area contributed by atoms with Crippen molar-refractivity contribution in [2.45, 2.75) is 71.3 Å². The molecule has 19 heavy (non-hydrogen) atoms. The maximum atomic E-state index is 6.16. The van der Waals surface area contributed by atoms with Crippen LogP contribution in [0.2, 0.25) is 0 Å². The number of nitrogens with zero attached hydrogens (tertiary/aromatic N) is 1. The minimum atomic E-state index is 0.419. The highest BCUT2D eigenvalue weighted by atomic mass is 15.1. The summed E-state index contributed by atoms with van der Waals surface area (Å²) >= 11 is 0. The van der Waals surface area contributed by atoms with Crippen LogP contribution in [0, 0.1) is 17.3 Å². The Morgan fingerprint density at radius 3 is 2.32 bits per heavy atom. The van der Waals surface area contributed by atoms with Crippen molar-refractivity contribution in [1.29, 1.82) is 0 Å². The molecule has 0 aliphatic heterocycles. The zero-order valence-electron chi connectivity index (χ0n) is 13.3. The summed E-state index contributed by atoms with van der Waals surface area (Å²) in [7, 11) is 2.35. The van der Waals surface area contributed by atoms with E-state index in [4.69, 9.17) is 5.73 Å². The molecule has 0 radical (unpaired) electrons. The maximum absolute atomic E-state index is 6.16.